The molecule has 0 saturated carbocycles. The molecule has 3 aromatic rings. The number of amides is 1. The lowest BCUT2D eigenvalue weighted by Gasteiger charge is -2.05. The van der Waals surface area contributed by atoms with Crippen LogP contribution >= 0.6 is 0 Å². The van der Waals surface area contributed by atoms with E-state index in [0.717, 1.165) is 0 Å². The Kier molecular flexibility index (Phi) is 4.84. The van der Waals surface area contributed by atoms with Crippen molar-refractivity contribution < 1.29 is 18.6 Å². The number of anilines is 1. The Labute approximate surface area is 142 Å². The van der Waals surface area contributed by atoms with Crippen molar-refractivity contribution in [3.05, 3.63) is 72.6 Å². The largest absolute Gasteiger partial charge is 0.490 e. The van der Waals surface area contributed by atoms with Crippen molar-refractivity contribution >= 4 is 11.7 Å². The van der Waals surface area contributed by atoms with Crippen LogP contribution in [0.4, 0.5) is 10.2 Å². The first kappa shape index (κ1) is 16.4. The van der Waals surface area contributed by atoms with Gasteiger partial charge in [-0.15, -0.1) is 0 Å². The maximum atomic E-state index is 13.7. The molecule has 0 aliphatic heterocycles. The van der Waals surface area contributed by atoms with Gasteiger partial charge in [0.15, 0.2) is 5.69 Å². The zero-order valence-corrected chi connectivity index (χ0v) is 13.1. The molecular formula is C18H14FN3O3. The molecule has 0 radical (unpaired) electrons. The second-order valence-corrected chi connectivity index (χ2v) is 5.02. The van der Waals surface area contributed by atoms with E-state index in [9.17, 15) is 9.18 Å². The smallest absolute Gasteiger partial charge is 0.259 e. The molecule has 0 aliphatic carbocycles. The summed E-state index contributed by atoms with van der Waals surface area (Å²) in [4.78, 5) is 12.2. The van der Waals surface area contributed by atoms with Crippen LogP contribution in [0.15, 0.2) is 65.8 Å². The summed E-state index contributed by atoms with van der Waals surface area (Å²) in [6, 6.07) is 12.6. The van der Waals surface area contributed by atoms with Crippen molar-refractivity contribution in [3.8, 4) is 17.0 Å². The zero-order chi connectivity index (χ0) is 17.6. The van der Waals surface area contributed by atoms with Crippen LogP contribution in [0.5, 0.6) is 5.75 Å². The summed E-state index contributed by atoms with van der Waals surface area (Å²) in [5.41, 5.74) is 0.903. The average Bonchev–Trinajstić information content (AvgIpc) is 3.08. The zero-order valence-electron chi connectivity index (χ0n) is 13.1. The molecule has 0 saturated heterocycles. The van der Waals surface area contributed by atoms with Gasteiger partial charge in [-0.1, -0.05) is 24.8 Å². The third-order valence-corrected chi connectivity index (χ3v) is 3.33. The van der Waals surface area contributed by atoms with Gasteiger partial charge >= 0.3 is 0 Å². The molecule has 126 valence electrons. The number of carbonyl (C=O) groups is 1. The highest BCUT2D eigenvalue weighted by Gasteiger charge is 2.18. The first-order valence-corrected chi connectivity index (χ1v) is 7.41. The number of benzene rings is 2. The number of nitrogens with one attached hydrogen (secondary N) is 1. The Morgan fingerprint density at radius 3 is 2.68 bits per heavy atom. The first-order valence-electron chi connectivity index (χ1n) is 7.41. The lowest BCUT2D eigenvalue weighted by atomic mass is 10.1. The normalized spacial score (nSPS) is 10.3. The molecule has 1 N–H and O–H groups in total. The molecule has 0 unspecified atom stereocenters. The molecule has 7 heteroatoms. The first-order chi connectivity index (χ1) is 12.2. The lowest BCUT2D eigenvalue weighted by molar-refractivity contribution is 0.102. The second-order valence-electron chi connectivity index (χ2n) is 5.02. The molecule has 25 heavy (non-hydrogen) atoms. The summed E-state index contributed by atoms with van der Waals surface area (Å²) in [6.07, 6.45) is 1.64. The number of hydrogen-bond acceptors (Lipinski definition) is 5. The van der Waals surface area contributed by atoms with Crippen molar-refractivity contribution in [1.82, 2.24) is 10.3 Å². The summed E-state index contributed by atoms with van der Waals surface area (Å²) in [6.45, 7) is 3.98. The molecule has 1 amide bonds. The van der Waals surface area contributed by atoms with E-state index in [-0.39, 0.29) is 11.4 Å². The molecule has 0 bridgehead atoms. The van der Waals surface area contributed by atoms with Crippen LogP contribution in [0.25, 0.3) is 11.3 Å². The van der Waals surface area contributed by atoms with Gasteiger partial charge in [0.1, 0.15) is 18.2 Å². The van der Waals surface area contributed by atoms with E-state index in [2.05, 4.69) is 22.2 Å². The molecule has 1 aromatic heterocycles. The van der Waals surface area contributed by atoms with Crippen LogP contribution in [0, 0.1) is 5.82 Å². The standard InChI is InChI=1S/C18H14FN3O3/c1-2-11-24-13-9-7-12(8-10-13)16-17(22-25-21-16)20-18(23)14-5-3-4-6-15(14)19/h2-10H,1,11H2,(H,20,22,23). The average molecular weight is 339 g/mol. The number of nitrogens with zero attached hydrogens (tertiary/aromatic N) is 2. The van der Waals surface area contributed by atoms with E-state index in [1.54, 1.807) is 36.4 Å². The Balaban J connectivity index is 1.80. The number of aromatic nitrogens is 2. The van der Waals surface area contributed by atoms with Crippen LogP contribution in [0.1, 0.15) is 10.4 Å². The maximum absolute atomic E-state index is 13.7. The quantitative estimate of drug-likeness (QED) is 0.693. The van der Waals surface area contributed by atoms with Gasteiger partial charge in [0, 0.05) is 5.56 Å². The summed E-state index contributed by atoms with van der Waals surface area (Å²) >= 11 is 0. The van der Waals surface area contributed by atoms with Gasteiger partial charge in [0.05, 0.1) is 5.56 Å². The van der Waals surface area contributed by atoms with Crippen molar-refractivity contribution in [2.75, 3.05) is 11.9 Å². The third kappa shape index (κ3) is 3.72. The topological polar surface area (TPSA) is 77.2 Å². The Morgan fingerprint density at radius 1 is 1.20 bits per heavy atom. The number of hydrogen-bond donors (Lipinski definition) is 1. The minimum absolute atomic E-state index is 0.0929. The SMILES string of the molecule is C=CCOc1ccc(-c2nonc2NC(=O)c2ccccc2F)cc1. The van der Waals surface area contributed by atoms with Gasteiger partial charge in [-0.2, -0.15) is 0 Å². The van der Waals surface area contributed by atoms with Gasteiger partial charge in [0.25, 0.3) is 5.91 Å². The highest BCUT2D eigenvalue weighted by Crippen LogP contribution is 2.26. The van der Waals surface area contributed by atoms with Gasteiger partial charge in [-0.3, -0.25) is 4.79 Å². The third-order valence-electron chi connectivity index (χ3n) is 3.33. The Hall–Kier alpha value is -3.48. The summed E-state index contributed by atoms with van der Waals surface area (Å²) in [5.74, 6) is -0.493. The molecule has 0 atom stereocenters. The van der Waals surface area contributed by atoms with E-state index < -0.39 is 11.7 Å². The monoisotopic (exact) mass is 339 g/mol. The summed E-state index contributed by atoms with van der Waals surface area (Å²) < 4.78 is 23.8. The predicted molar refractivity (Wildman–Crippen MR) is 89.8 cm³/mol. The second kappa shape index (κ2) is 7.39. The van der Waals surface area contributed by atoms with Gasteiger partial charge in [-0.25, -0.2) is 9.02 Å². The fraction of sp³-hybridized carbons (Fsp3) is 0.0556. The van der Waals surface area contributed by atoms with Crippen LogP contribution < -0.4 is 10.1 Å². The fourth-order valence-corrected chi connectivity index (χ4v) is 2.14. The van der Waals surface area contributed by atoms with Crippen LogP contribution in [0.2, 0.25) is 0 Å². The van der Waals surface area contributed by atoms with Crippen molar-refractivity contribution in [1.29, 1.82) is 0 Å². The highest BCUT2D eigenvalue weighted by molar-refractivity contribution is 6.05. The molecule has 6 nitrogen and oxygen atoms in total. The van der Waals surface area contributed by atoms with E-state index in [4.69, 9.17) is 9.37 Å². The highest BCUT2D eigenvalue weighted by atomic mass is 19.1. The van der Waals surface area contributed by atoms with Crippen LogP contribution in [-0.4, -0.2) is 22.8 Å². The van der Waals surface area contributed by atoms with E-state index in [1.807, 2.05) is 0 Å². The van der Waals surface area contributed by atoms with Crippen molar-refractivity contribution in [3.63, 3.8) is 0 Å². The fourth-order valence-electron chi connectivity index (χ4n) is 2.14. The number of carbonyl (C=O) groups excluding carboxylic acids is 1. The predicted octanol–water partition coefficient (Wildman–Crippen LogP) is 3.69. The number of halogens is 1. The molecule has 2 aromatic carbocycles. The molecule has 0 spiro atoms. The maximum Gasteiger partial charge on any atom is 0.259 e. The minimum atomic E-state index is -0.638. The van der Waals surface area contributed by atoms with E-state index >= 15 is 0 Å². The van der Waals surface area contributed by atoms with Gasteiger partial charge in [-0.05, 0) is 46.7 Å². The van der Waals surface area contributed by atoms with Crippen molar-refractivity contribution in [2.24, 2.45) is 0 Å². The van der Waals surface area contributed by atoms with Crippen LogP contribution in [-0.2, 0) is 0 Å². The molecule has 1 heterocycles. The van der Waals surface area contributed by atoms with Gasteiger partial charge < -0.3 is 10.1 Å². The number of ether oxygens (including phenoxy) is 1. The minimum Gasteiger partial charge on any atom is -0.490 e. The van der Waals surface area contributed by atoms with Crippen LogP contribution in [0.3, 0.4) is 0 Å². The molecule has 0 aliphatic rings. The summed E-state index contributed by atoms with van der Waals surface area (Å²) in [5, 5.41) is 9.97. The Morgan fingerprint density at radius 2 is 1.96 bits per heavy atom. The molecule has 3 rings (SSSR count). The summed E-state index contributed by atoms with van der Waals surface area (Å²) in [7, 11) is 0. The molecule has 0 fully saturated rings. The lowest BCUT2D eigenvalue weighted by Crippen LogP contribution is -2.14. The van der Waals surface area contributed by atoms with E-state index in [0.29, 0.717) is 23.6 Å². The van der Waals surface area contributed by atoms with Gasteiger partial charge in [0.2, 0.25) is 5.82 Å². The van der Waals surface area contributed by atoms with E-state index in [1.165, 1.54) is 18.2 Å². The Bertz CT molecular complexity index is 891. The molecular weight excluding hydrogens is 325 g/mol. The number of rotatable bonds is 6. The van der Waals surface area contributed by atoms with Crippen molar-refractivity contribution in [2.45, 2.75) is 0 Å².